The van der Waals surface area contributed by atoms with Crippen molar-refractivity contribution >= 4 is 5.91 Å². The SMILES string of the molecule is CCNCCNC(=O)c1cccc(OCC)c1. The molecule has 94 valence electrons. The highest BCUT2D eigenvalue weighted by Gasteiger charge is 2.05. The van der Waals surface area contributed by atoms with Crippen molar-refractivity contribution in [1.29, 1.82) is 0 Å². The first kappa shape index (κ1) is 13.5. The predicted octanol–water partition coefficient (Wildman–Crippen LogP) is 1.42. The maximum atomic E-state index is 11.8. The van der Waals surface area contributed by atoms with Gasteiger partial charge in [-0.1, -0.05) is 13.0 Å². The number of rotatable bonds is 7. The topological polar surface area (TPSA) is 50.4 Å². The molecule has 0 saturated heterocycles. The van der Waals surface area contributed by atoms with E-state index in [1.807, 2.05) is 26.0 Å². The fourth-order valence-electron chi connectivity index (χ4n) is 1.44. The summed E-state index contributed by atoms with van der Waals surface area (Å²) >= 11 is 0. The molecular formula is C13H20N2O2. The van der Waals surface area contributed by atoms with Crippen molar-refractivity contribution in [3.05, 3.63) is 29.8 Å². The van der Waals surface area contributed by atoms with E-state index in [-0.39, 0.29) is 5.91 Å². The summed E-state index contributed by atoms with van der Waals surface area (Å²) in [4.78, 5) is 11.8. The van der Waals surface area contributed by atoms with Gasteiger partial charge in [0.05, 0.1) is 6.61 Å². The van der Waals surface area contributed by atoms with E-state index in [9.17, 15) is 4.79 Å². The summed E-state index contributed by atoms with van der Waals surface area (Å²) in [6.45, 7) is 6.89. The molecule has 2 N–H and O–H groups in total. The Morgan fingerprint density at radius 1 is 1.29 bits per heavy atom. The van der Waals surface area contributed by atoms with Gasteiger partial charge in [-0.05, 0) is 31.7 Å². The maximum Gasteiger partial charge on any atom is 0.251 e. The average Bonchev–Trinajstić information content (AvgIpc) is 2.35. The van der Waals surface area contributed by atoms with Crippen molar-refractivity contribution in [2.24, 2.45) is 0 Å². The van der Waals surface area contributed by atoms with Crippen LogP contribution < -0.4 is 15.4 Å². The number of benzene rings is 1. The van der Waals surface area contributed by atoms with Gasteiger partial charge in [-0.25, -0.2) is 0 Å². The van der Waals surface area contributed by atoms with Crippen LogP contribution in [0.3, 0.4) is 0 Å². The Morgan fingerprint density at radius 3 is 2.82 bits per heavy atom. The van der Waals surface area contributed by atoms with Crippen LogP contribution >= 0.6 is 0 Å². The fourth-order valence-corrected chi connectivity index (χ4v) is 1.44. The molecule has 0 fully saturated rings. The number of likely N-dealkylation sites (N-methyl/N-ethyl adjacent to an activating group) is 1. The molecule has 0 saturated carbocycles. The van der Waals surface area contributed by atoms with Crippen molar-refractivity contribution < 1.29 is 9.53 Å². The van der Waals surface area contributed by atoms with Crippen LogP contribution in [0.25, 0.3) is 0 Å². The van der Waals surface area contributed by atoms with E-state index in [1.54, 1.807) is 12.1 Å². The smallest absolute Gasteiger partial charge is 0.251 e. The third-order valence-electron chi connectivity index (χ3n) is 2.24. The zero-order chi connectivity index (χ0) is 12.5. The maximum absolute atomic E-state index is 11.8. The first-order valence-corrected chi connectivity index (χ1v) is 5.99. The molecule has 17 heavy (non-hydrogen) atoms. The van der Waals surface area contributed by atoms with Gasteiger partial charge in [0.2, 0.25) is 0 Å². The minimum atomic E-state index is -0.0653. The molecule has 0 aliphatic rings. The first-order chi connectivity index (χ1) is 8.27. The van der Waals surface area contributed by atoms with Crippen molar-refractivity contribution in [1.82, 2.24) is 10.6 Å². The molecule has 0 aliphatic heterocycles. The van der Waals surface area contributed by atoms with Crippen molar-refractivity contribution in [2.45, 2.75) is 13.8 Å². The Morgan fingerprint density at radius 2 is 2.12 bits per heavy atom. The molecule has 0 aromatic heterocycles. The van der Waals surface area contributed by atoms with Gasteiger partial charge in [0.25, 0.3) is 5.91 Å². The van der Waals surface area contributed by atoms with Gasteiger partial charge < -0.3 is 15.4 Å². The fraction of sp³-hybridized carbons (Fsp3) is 0.462. The highest BCUT2D eigenvalue weighted by Crippen LogP contribution is 2.12. The summed E-state index contributed by atoms with van der Waals surface area (Å²) in [6, 6.07) is 7.21. The largest absolute Gasteiger partial charge is 0.494 e. The third kappa shape index (κ3) is 4.87. The summed E-state index contributed by atoms with van der Waals surface area (Å²) in [5.74, 6) is 0.663. The second kappa shape index (κ2) is 7.68. The Balaban J connectivity index is 2.47. The predicted molar refractivity (Wildman–Crippen MR) is 68.5 cm³/mol. The van der Waals surface area contributed by atoms with Crippen LogP contribution in [0.5, 0.6) is 5.75 Å². The van der Waals surface area contributed by atoms with Gasteiger partial charge in [0.15, 0.2) is 0 Å². The lowest BCUT2D eigenvalue weighted by atomic mass is 10.2. The Labute approximate surface area is 102 Å². The molecule has 0 heterocycles. The number of nitrogens with one attached hydrogen (secondary N) is 2. The van der Waals surface area contributed by atoms with Gasteiger partial charge >= 0.3 is 0 Å². The van der Waals surface area contributed by atoms with Crippen LogP contribution in [-0.2, 0) is 0 Å². The number of carbonyl (C=O) groups is 1. The van der Waals surface area contributed by atoms with Crippen molar-refractivity contribution in [2.75, 3.05) is 26.2 Å². The molecule has 4 nitrogen and oxygen atoms in total. The van der Waals surface area contributed by atoms with Crippen LogP contribution in [0.15, 0.2) is 24.3 Å². The lowest BCUT2D eigenvalue weighted by Gasteiger charge is -2.07. The summed E-state index contributed by atoms with van der Waals surface area (Å²) in [5.41, 5.74) is 0.632. The van der Waals surface area contributed by atoms with Gasteiger partial charge in [-0.15, -0.1) is 0 Å². The molecule has 0 bridgehead atoms. The van der Waals surface area contributed by atoms with Gasteiger partial charge in [0, 0.05) is 18.7 Å². The lowest BCUT2D eigenvalue weighted by molar-refractivity contribution is 0.0953. The third-order valence-corrected chi connectivity index (χ3v) is 2.24. The molecule has 1 aromatic rings. The quantitative estimate of drug-likeness (QED) is 0.704. The second-order valence-electron chi connectivity index (χ2n) is 3.57. The molecule has 0 spiro atoms. The van der Waals surface area contributed by atoms with E-state index in [1.165, 1.54) is 0 Å². The van der Waals surface area contributed by atoms with Crippen molar-refractivity contribution in [3.63, 3.8) is 0 Å². The van der Waals surface area contributed by atoms with Gasteiger partial charge in [-0.3, -0.25) is 4.79 Å². The molecule has 0 aliphatic carbocycles. The molecule has 0 atom stereocenters. The van der Waals surface area contributed by atoms with E-state index in [0.717, 1.165) is 18.8 Å². The summed E-state index contributed by atoms with van der Waals surface area (Å²) in [5, 5.41) is 5.99. The lowest BCUT2D eigenvalue weighted by Crippen LogP contribution is -2.31. The molecule has 0 radical (unpaired) electrons. The van der Waals surface area contributed by atoms with E-state index in [4.69, 9.17) is 4.74 Å². The number of hydrogen-bond donors (Lipinski definition) is 2. The van der Waals surface area contributed by atoms with Crippen LogP contribution in [0.1, 0.15) is 24.2 Å². The average molecular weight is 236 g/mol. The van der Waals surface area contributed by atoms with Crippen LogP contribution in [0.4, 0.5) is 0 Å². The van der Waals surface area contributed by atoms with E-state index in [0.29, 0.717) is 18.7 Å². The summed E-state index contributed by atoms with van der Waals surface area (Å²) in [6.07, 6.45) is 0. The second-order valence-corrected chi connectivity index (χ2v) is 3.57. The van der Waals surface area contributed by atoms with Crippen LogP contribution in [0.2, 0.25) is 0 Å². The summed E-state index contributed by atoms with van der Waals surface area (Å²) in [7, 11) is 0. The van der Waals surface area contributed by atoms with Crippen LogP contribution in [0, 0.1) is 0 Å². The molecule has 4 heteroatoms. The monoisotopic (exact) mass is 236 g/mol. The molecule has 0 unspecified atom stereocenters. The molecule has 1 amide bonds. The minimum absolute atomic E-state index is 0.0653. The first-order valence-electron chi connectivity index (χ1n) is 5.99. The van der Waals surface area contributed by atoms with Crippen LogP contribution in [-0.4, -0.2) is 32.1 Å². The Bertz CT molecular complexity index is 353. The number of amides is 1. The summed E-state index contributed by atoms with van der Waals surface area (Å²) < 4.78 is 5.35. The number of hydrogen-bond acceptors (Lipinski definition) is 3. The number of ether oxygens (including phenoxy) is 1. The normalized spacial score (nSPS) is 10.0. The van der Waals surface area contributed by atoms with E-state index < -0.39 is 0 Å². The zero-order valence-corrected chi connectivity index (χ0v) is 10.5. The van der Waals surface area contributed by atoms with Gasteiger partial charge in [0.1, 0.15) is 5.75 Å². The minimum Gasteiger partial charge on any atom is -0.494 e. The van der Waals surface area contributed by atoms with E-state index >= 15 is 0 Å². The standard InChI is InChI=1S/C13H20N2O2/c1-3-14-8-9-15-13(16)11-6-5-7-12(10-11)17-4-2/h5-7,10,14H,3-4,8-9H2,1-2H3,(H,15,16). The Hall–Kier alpha value is -1.55. The van der Waals surface area contributed by atoms with Gasteiger partial charge in [-0.2, -0.15) is 0 Å². The Kier molecular flexibility index (Phi) is 6.10. The number of carbonyl (C=O) groups excluding carboxylic acids is 1. The molecule has 1 aromatic carbocycles. The zero-order valence-electron chi connectivity index (χ0n) is 10.5. The highest BCUT2D eigenvalue weighted by molar-refractivity contribution is 5.94. The molecule has 1 rings (SSSR count). The van der Waals surface area contributed by atoms with Crippen molar-refractivity contribution in [3.8, 4) is 5.75 Å². The van der Waals surface area contributed by atoms with E-state index in [2.05, 4.69) is 10.6 Å². The highest BCUT2D eigenvalue weighted by atomic mass is 16.5. The molecular weight excluding hydrogens is 216 g/mol.